The van der Waals surface area contributed by atoms with Gasteiger partial charge in [-0.2, -0.15) is 0 Å². The molecule has 0 aromatic carbocycles. The lowest BCUT2D eigenvalue weighted by molar-refractivity contribution is 0.122. The molecule has 20 heavy (non-hydrogen) atoms. The third-order valence-corrected chi connectivity index (χ3v) is 5.85. The third-order valence-electron chi connectivity index (χ3n) is 2.79. The Morgan fingerprint density at radius 1 is 1.30 bits per heavy atom. The van der Waals surface area contributed by atoms with E-state index in [9.17, 15) is 8.42 Å². The molecule has 1 aromatic heterocycles. The summed E-state index contributed by atoms with van der Waals surface area (Å²) >= 11 is 1.32. The molecular weight excluding hydrogens is 296 g/mol. The number of ether oxygens (including phenoxy) is 1. The Balaban J connectivity index is 2.56. The highest BCUT2D eigenvalue weighted by atomic mass is 32.2. The second-order valence-electron chi connectivity index (χ2n) is 4.98. The lowest BCUT2D eigenvalue weighted by Gasteiger charge is -2.10. The van der Waals surface area contributed by atoms with Crippen LogP contribution in [0.1, 0.15) is 25.6 Å². The highest BCUT2D eigenvalue weighted by molar-refractivity contribution is 7.91. The second kappa shape index (κ2) is 8.09. The van der Waals surface area contributed by atoms with E-state index in [-0.39, 0.29) is 12.6 Å². The van der Waals surface area contributed by atoms with Gasteiger partial charge in [0, 0.05) is 31.1 Å². The Bertz CT molecular complexity index is 497. The summed E-state index contributed by atoms with van der Waals surface area (Å²) in [4.78, 5) is 1.07. The van der Waals surface area contributed by atoms with E-state index in [4.69, 9.17) is 4.74 Å². The van der Waals surface area contributed by atoms with Crippen LogP contribution in [0.3, 0.4) is 0 Å². The van der Waals surface area contributed by atoms with E-state index in [1.807, 2.05) is 13.0 Å². The third kappa shape index (κ3) is 5.88. The maximum Gasteiger partial charge on any atom is 0.250 e. The SMILES string of the molecule is COC(C)CNS(=O)(=O)c1ccc(CCNC(C)C)s1. The summed E-state index contributed by atoms with van der Waals surface area (Å²) in [7, 11) is -1.86. The summed E-state index contributed by atoms with van der Waals surface area (Å²) in [5.74, 6) is 0. The van der Waals surface area contributed by atoms with Gasteiger partial charge in [0.1, 0.15) is 4.21 Å². The van der Waals surface area contributed by atoms with Gasteiger partial charge in [-0.3, -0.25) is 0 Å². The van der Waals surface area contributed by atoms with Gasteiger partial charge in [0.2, 0.25) is 10.0 Å². The van der Waals surface area contributed by atoms with E-state index in [0.29, 0.717) is 10.3 Å². The van der Waals surface area contributed by atoms with Crippen LogP contribution in [0.5, 0.6) is 0 Å². The van der Waals surface area contributed by atoms with Crippen molar-refractivity contribution in [1.29, 1.82) is 0 Å². The van der Waals surface area contributed by atoms with Crippen molar-refractivity contribution in [3.8, 4) is 0 Å². The first-order valence-electron chi connectivity index (χ1n) is 6.69. The minimum Gasteiger partial charge on any atom is -0.380 e. The number of thiophene rings is 1. The van der Waals surface area contributed by atoms with Gasteiger partial charge >= 0.3 is 0 Å². The highest BCUT2D eigenvalue weighted by Crippen LogP contribution is 2.21. The molecule has 1 unspecified atom stereocenters. The van der Waals surface area contributed by atoms with Crippen molar-refractivity contribution in [3.05, 3.63) is 17.0 Å². The normalized spacial score (nSPS) is 13.8. The molecule has 0 aliphatic carbocycles. The fraction of sp³-hybridized carbons (Fsp3) is 0.692. The van der Waals surface area contributed by atoms with Crippen LogP contribution in [0, 0.1) is 0 Å². The van der Waals surface area contributed by atoms with Crippen molar-refractivity contribution >= 4 is 21.4 Å². The van der Waals surface area contributed by atoms with Gasteiger partial charge in [-0.25, -0.2) is 13.1 Å². The van der Waals surface area contributed by atoms with Gasteiger partial charge in [-0.05, 0) is 25.5 Å². The van der Waals surface area contributed by atoms with Gasteiger partial charge in [0.15, 0.2) is 0 Å². The predicted octanol–water partition coefficient (Wildman–Crippen LogP) is 1.60. The number of rotatable bonds is 9. The molecule has 0 saturated heterocycles. The van der Waals surface area contributed by atoms with Gasteiger partial charge < -0.3 is 10.1 Å². The number of hydrogen-bond donors (Lipinski definition) is 2. The average molecular weight is 320 g/mol. The van der Waals surface area contributed by atoms with Gasteiger partial charge in [-0.1, -0.05) is 13.8 Å². The first-order chi connectivity index (χ1) is 9.35. The fourth-order valence-corrected chi connectivity index (χ4v) is 4.02. The zero-order valence-electron chi connectivity index (χ0n) is 12.5. The molecule has 1 aromatic rings. The molecular formula is C13H24N2O3S2. The van der Waals surface area contributed by atoms with Crippen molar-refractivity contribution in [2.75, 3.05) is 20.2 Å². The van der Waals surface area contributed by atoms with Gasteiger partial charge in [-0.15, -0.1) is 11.3 Å². The number of sulfonamides is 1. The first kappa shape index (κ1) is 17.6. The second-order valence-corrected chi connectivity index (χ2v) is 8.14. The zero-order valence-corrected chi connectivity index (χ0v) is 14.1. The summed E-state index contributed by atoms with van der Waals surface area (Å²) in [6.45, 7) is 7.13. The van der Waals surface area contributed by atoms with Crippen molar-refractivity contribution in [1.82, 2.24) is 10.0 Å². The largest absolute Gasteiger partial charge is 0.380 e. The summed E-state index contributed by atoms with van der Waals surface area (Å²) < 4.78 is 32.1. The molecule has 2 N–H and O–H groups in total. The van der Waals surface area contributed by atoms with Crippen LogP contribution in [-0.4, -0.2) is 40.8 Å². The molecule has 0 bridgehead atoms. The van der Waals surface area contributed by atoms with E-state index in [0.717, 1.165) is 17.8 Å². The molecule has 0 saturated carbocycles. The van der Waals surface area contributed by atoms with E-state index < -0.39 is 10.0 Å². The van der Waals surface area contributed by atoms with E-state index in [2.05, 4.69) is 23.9 Å². The van der Waals surface area contributed by atoms with Crippen LogP contribution >= 0.6 is 11.3 Å². The van der Waals surface area contributed by atoms with E-state index in [1.165, 1.54) is 11.3 Å². The van der Waals surface area contributed by atoms with Gasteiger partial charge in [0.25, 0.3) is 0 Å². The molecule has 0 aliphatic heterocycles. The van der Waals surface area contributed by atoms with Gasteiger partial charge in [0.05, 0.1) is 6.10 Å². The van der Waals surface area contributed by atoms with E-state index in [1.54, 1.807) is 13.2 Å². The number of methoxy groups -OCH3 is 1. The first-order valence-corrected chi connectivity index (χ1v) is 8.99. The Labute approximate surface area is 125 Å². The van der Waals surface area contributed by atoms with Crippen LogP contribution in [0.2, 0.25) is 0 Å². The molecule has 0 aliphatic rings. The quantitative estimate of drug-likeness (QED) is 0.725. The Morgan fingerprint density at radius 3 is 2.60 bits per heavy atom. The maximum absolute atomic E-state index is 12.1. The summed E-state index contributed by atoms with van der Waals surface area (Å²) in [6, 6.07) is 3.98. The lowest BCUT2D eigenvalue weighted by atomic mass is 10.3. The summed E-state index contributed by atoms with van der Waals surface area (Å²) in [5, 5.41) is 3.31. The minimum atomic E-state index is -3.42. The molecule has 0 spiro atoms. The monoisotopic (exact) mass is 320 g/mol. The average Bonchev–Trinajstić information content (AvgIpc) is 2.85. The highest BCUT2D eigenvalue weighted by Gasteiger charge is 2.17. The molecule has 116 valence electrons. The minimum absolute atomic E-state index is 0.139. The smallest absolute Gasteiger partial charge is 0.250 e. The molecule has 1 rings (SSSR count). The van der Waals surface area contributed by atoms with Crippen LogP contribution in [0.4, 0.5) is 0 Å². The lowest BCUT2D eigenvalue weighted by Crippen LogP contribution is -2.31. The Hall–Kier alpha value is -0.470. The molecule has 0 radical (unpaired) electrons. The molecule has 0 fully saturated rings. The maximum atomic E-state index is 12.1. The molecule has 0 amide bonds. The van der Waals surface area contributed by atoms with Crippen molar-refractivity contribution < 1.29 is 13.2 Å². The van der Waals surface area contributed by atoms with Crippen molar-refractivity contribution in [2.45, 2.75) is 43.5 Å². The Morgan fingerprint density at radius 2 is 2.00 bits per heavy atom. The number of hydrogen-bond acceptors (Lipinski definition) is 5. The standard InChI is InChI=1S/C13H24N2O3S2/c1-10(2)14-8-7-12-5-6-13(19-12)20(16,17)15-9-11(3)18-4/h5-6,10-11,14-15H,7-9H2,1-4H3. The molecule has 1 atom stereocenters. The van der Waals surface area contributed by atoms with Crippen LogP contribution in [0.15, 0.2) is 16.3 Å². The van der Waals surface area contributed by atoms with Crippen LogP contribution in [-0.2, 0) is 21.2 Å². The van der Waals surface area contributed by atoms with Crippen LogP contribution in [0.25, 0.3) is 0 Å². The van der Waals surface area contributed by atoms with Crippen LogP contribution < -0.4 is 10.0 Å². The predicted molar refractivity (Wildman–Crippen MR) is 82.8 cm³/mol. The van der Waals surface area contributed by atoms with E-state index >= 15 is 0 Å². The molecule has 1 heterocycles. The summed E-state index contributed by atoms with van der Waals surface area (Å²) in [5.41, 5.74) is 0. The Kier molecular flexibility index (Phi) is 7.11. The zero-order chi connectivity index (χ0) is 15.2. The van der Waals surface area contributed by atoms with Crippen molar-refractivity contribution in [3.63, 3.8) is 0 Å². The topological polar surface area (TPSA) is 67.4 Å². The molecule has 5 nitrogen and oxygen atoms in total. The van der Waals surface area contributed by atoms with Crippen molar-refractivity contribution in [2.24, 2.45) is 0 Å². The summed E-state index contributed by atoms with van der Waals surface area (Å²) in [6.07, 6.45) is 0.701. The molecule has 7 heteroatoms. The number of nitrogens with one attached hydrogen (secondary N) is 2. The fourth-order valence-electron chi connectivity index (χ4n) is 1.50.